The molecule has 0 aromatic heterocycles. The normalized spacial score (nSPS) is 44.7. The van der Waals surface area contributed by atoms with E-state index in [0.717, 1.165) is 43.4 Å². The van der Waals surface area contributed by atoms with Gasteiger partial charge in [-0.15, -0.1) is 0 Å². The van der Waals surface area contributed by atoms with Crippen molar-refractivity contribution in [1.82, 2.24) is 0 Å². The monoisotopic (exact) mass is 222 g/mol. The molecule has 4 bridgehead atoms. The summed E-state index contributed by atoms with van der Waals surface area (Å²) in [5.74, 6) is 2.63. The molecule has 4 aliphatic carbocycles. The van der Waals surface area contributed by atoms with Crippen LogP contribution in [-0.4, -0.2) is 11.6 Å². The van der Waals surface area contributed by atoms with Gasteiger partial charge in [0, 0.05) is 6.42 Å². The topological polar surface area (TPSA) is 26.3 Å². The molecule has 0 saturated heterocycles. The number of esters is 1. The van der Waals surface area contributed by atoms with Crippen molar-refractivity contribution in [3.63, 3.8) is 0 Å². The maximum Gasteiger partial charge on any atom is 0.306 e. The van der Waals surface area contributed by atoms with Crippen LogP contribution in [0.15, 0.2) is 0 Å². The Morgan fingerprint density at radius 2 is 1.62 bits per heavy atom. The summed E-state index contributed by atoms with van der Waals surface area (Å²) < 4.78 is 5.85. The quantitative estimate of drug-likeness (QED) is 0.685. The minimum absolute atomic E-state index is 0.0268. The molecule has 0 amide bonds. The van der Waals surface area contributed by atoms with Gasteiger partial charge in [-0.25, -0.2) is 0 Å². The first-order valence-corrected chi connectivity index (χ1v) is 6.91. The minimum atomic E-state index is -0.0268. The Kier molecular flexibility index (Phi) is 2.49. The maximum absolute atomic E-state index is 11.7. The Hall–Kier alpha value is -0.530. The van der Waals surface area contributed by atoms with Gasteiger partial charge in [0.2, 0.25) is 0 Å². The molecule has 0 spiro atoms. The summed E-state index contributed by atoms with van der Waals surface area (Å²) in [5, 5.41) is 0. The Balaban J connectivity index is 1.71. The highest BCUT2D eigenvalue weighted by Gasteiger charge is 2.53. The van der Waals surface area contributed by atoms with Gasteiger partial charge in [-0.05, 0) is 62.7 Å². The van der Waals surface area contributed by atoms with Crippen LogP contribution >= 0.6 is 0 Å². The number of hydrogen-bond acceptors (Lipinski definition) is 2. The molecule has 0 aromatic carbocycles. The number of ether oxygens (including phenoxy) is 1. The third-order valence-electron chi connectivity index (χ3n) is 4.77. The van der Waals surface area contributed by atoms with Gasteiger partial charge in [0.05, 0.1) is 0 Å². The smallest absolute Gasteiger partial charge is 0.306 e. The van der Waals surface area contributed by atoms with Crippen molar-refractivity contribution in [3.8, 4) is 0 Å². The van der Waals surface area contributed by atoms with Gasteiger partial charge >= 0.3 is 5.97 Å². The van der Waals surface area contributed by atoms with E-state index >= 15 is 0 Å². The molecule has 2 heteroatoms. The largest absolute Gasteiger partial charge is 0.459 e. The molecular weight excluding hydrogens is 200 g/mol. The van der Waals surface area contributed by atoms with Crippen molar-refractivity contribution >= 4 is 5.97 Å². The highest BCUT2D eigenvalue weighted by molar-refractivity contribution is 5.69. The van der Waals surface area contributed by atoms with E-state index in [4.69, 9.17) is 4.74 Å². The second-order valence-electron chi connectivity index (χ2n) is 6.32. The van der Waals surface area contributed by atoms with Gasteiger partial charge in [0.1, 0.15) is 5.60 Å². The molecule has 0 aromatic rings. The first-order valence-electron chi connectivity index (χ1n) is 6.91. The van der Waals surface area contributed by atoms with Gasteiger partial charge in [0.25, 0.3) is 0 Å². The molecule has 0 N–H and O–H groups in total. The molecule has 16 heavy (non-hydrogen) atoms. The van der Waals surface area contributed by atoms with Crippen molar-refractivity contribution in [1.29, 1.82) is 0 Å². The lowest BCUT2D eigenvalue weighted by Crippen LogP contribution is -2.52. The van der Waals surface area contributed by atoms with Crippen LogP contribution in [0.3, 0.4) is 0 Å². The molecule has 4 fully saturated rings. The second kappa shape index (κ2) is 3.75. The fourth-order valence-electron chi connectivity index (χ4n) is 4.65. The Morgan fingerprint density at radius 3 is 2.06 bits per heavy atom. The van der Waals surface area contributed by atoms with Gasteiger partial charge < -0.3 is 4.74 Å². The number of rotatable bonds is 3. The van der Waals surface area contributed by atoms with Crippen LogP contribution in [0.1, 0.15) is 58.3 Å². The van der Waals surface area contributed by atoms with Gasteiger partial charge in [-0.2, -0.15) is 0 Å². The maximum atomic E-state index is 11.7. The molecule has 0 atom stereocenters. The van der Waals surface area contributed by atoms with E-state index < -0.39 is 0 Å². The average Bonchev–Trinajstić information content (AvgIpc) is 2.13. The van der Waals surface area contributed by atoms with Crippen LogP contribution < -0.4 is 0 Å². The highest BCUT2D eigenvalue weighted by atomic mass is 16.6. The Labute approximate surface area is 97.7 Å². The zero-order chi connectivity index (χ0) is 11.2. The fourth-order valence-corrected chi connectivity index (χ4v) is 4.65. The summed E-state index contributed by atoms with van der Waals surface area (Å²) in [6.07, 6.45) is 9.21. The van der Waals surface area contributed by atoms with E-state index in [-0.39, 0.29) is 11.6 Å². The van der Waals surface area contributed by atoms with E-state index in [0.29, 0.717) is 6.42 Å². The van der Waals surface area contributed by atoms with Crippen molar-refractivity contribution in [3.05, 3.63) is 0 Å². The zero-order valence-electron chi connectivity index (χ0n) is 10.2. The third-order valence-corrected chi connectivity index (χ3v) is 4.77. The van der Waals surface area contributed by atoms with Crippen LogP contribution in [0.5, 0.6) is 0 Å². The van der Waals surface area contributed by atoms with E-state index in [1.807, 2.05) is 6.92 Å². The molecule has 2 nitrogen and oxygen atoms in total. The van der Waals surface area contributed by atoms with E-state index in [1.54, 1.807) is 0 Å². The molecule has 0 unspecified atom stereocenters. The molecule has 4 rings (SSSR count). The number of hydrogen-bond donors (Lipinski definition) is 0. The Bertz CT molecular complexity index is 260. The van der Waals surface area contributed by atoms with Crippen LogP contribution in [0.4, 0.5) is 0 Å². The van der Waals surface area contributed by atoms with E-state index in [1.165, 1.54) is 19.3 Å². The lowest BCUT2D eigenvalue weighted by molar-refractivity contribution is -0.186. The van der Waals surface area contributed by atoms with E-state index in [2.05, 4.69) is 0 Å². The fraction of sp³-hybridized carbons (Fsp3) is 0.929. The summed E-state index contributed by atoms with van der Waals surface area (Å²) in [5.41, 5.74) is -0.0268. The predicted octanol–water partition coefficient (Wildman–Crippen LogP) is 3.30. The van der Waals surface area contributed by atoms with Crippen LogP contribution in [0, 0.1) is 17.8 Å². The summed E-state index contributed by atoms with van der Waals surface area (Å²) in [6, 6.07) is 0. The highest BCUT2D eigenvalue weighted by Crippen LogP contribution is 2.57. The summed E-state index contributed by atoms with van der Waals surface area (Å²) >= 11 is 0. The van der Waals surface area contributed by atoms with Gasteiger partial charge in [-0.3, -0.25) is 4.79 Å². The number of carbonyl (C=O) groups is 1. The van der Waals surface area contributed by atoms with Crippen LogP contribution in [0.2, 0.25) is 0 Å². The average molecular weight is 222 g/mol. The molecule has 0 heterocycles. The van der Waals surface area contributed by atoms with Crippen molar-refractivity contribution in [2.24, 2.45) is 17.8 Å². The molecule has 0 radical (unpaired) electrons. The SMILES string of the molecule is CCCC(=O)OC12CC3CC(CC(C3)C1)C2. The molecular formula is C14H22O2. The van der Waals surface area contributed by atoms with Crippen LogP contribution in [-0.2, 0) is 9.53 Å². The Morgan fingerprint density at radius 1 is 1.12 bits per heavy atom. The predicted molar refractivity (Wildman–Crippen MR) is 61.9 cm³/mol. The molecule has 90 valence electrons. The second-order valence-corrected chi connectivity index (χ2v) is 6.32. The lowest BCUT2D eigenvalue weighted by atomic mass is 9.54. The van der Waals surface area contributed by atoms with Crippen molar-refractivity contribution < 1.29 is 9.53 Å². The first kappa shape index (κ1) is 10.6. The molecule has 4 aliphatic rings. The summed E-state index contributed by atoms with van der Waals surface area (Å²) in [6.45, 7) is 2.04. The summed E-state index contributed by atoms with van der Waals surface area (Å²) in [7, 11) is 0. The third kappa shape index (κ3) is 1.76. The van der Waals surface area contributed by atoms with Crippen molar-refractivity contribution in [2.75, 3.05) is 0 Å². The molecule has 4 saturated carbocycles. The number of carbonyl (C=O) groups excluding carboxylic acids is 1. The van der Waals surface area contributed by atoms with Gasteiger partial charge in [-0.1, -0.05) is 6.92 Å². The van der Waals surface area contributed by atoms with Crippen LogP contribution in [0.25, 0.3) is 0 Å². The molecule has 0 aliphatic heterocycles. The zero-order valence-corrected chi connectivity index (χ0v) is 10.2. The van der Waals surface area contributed by atoms with Gasteiger partial charge in [0.15, 0.2) is 0 Å². The lowest BCUT2D eigenvalue weighted by Gasteiger charge is -2.55. The van der Waals surface area contributed by atoms with Crippen molar-refractivity contribution in [2.45, 2.75) is 63.9 Å². The first-order chi connectivity index (χ1) is 7.69. The summed E-state index contributed by atoms with van der Waals surface area (Å²) in [4.78, 5) is 11.7. The van der Waals surface area contributed by atoms with E-state index in [9.17, 15) is 4.79 Å². The minimum Gasteiger partial charge on any atom is -0.459 e. The standard InChI is InChI=1S/C14H22O2/c1-2-3-13(15)16-14-7-10-4-11(8-14)6-12(5-10)9-14/h10-12H,2-9H2,1H3.